The average Bonchev–Trinajstić information content (AvgIpc) is 3.06. The van der Waals surface area contributed by atoms with Crippen molar-refractivity contribution in [2.45, 2.75) is 25.0 Å². The van der Waals surface area contributed by atoms with Gasteiger partial charge >= 0.3 is 0 Å². The van der Waals surface area contributed by atoms with E-state index in [9.17, 15) is 4.79 Å². The van der Waals surface area contributed by atoms with E-state index < -0.39 is 6.10 Å². The van der Waals surface area contributed by atoms with E-state index >= 15 is 0 Å². The number of benzene rings is 1. The molecule has 1 fully saturated rings. The fourth-order valence-corrected chi connectivity index (χ4v) is 2.42. The van der Waals surface area contributed by atoms with Gasteiger partial charge in [-0.05, 0) is 12.8 Å². The van der Waals surface area contributed by atoms with Crippen LogP contribution in [0.2, 0.25) is 0 Å². The number of aromatic nitrogens is 2. The van der Waals surface area contributed by atoms with Gasteiger partial charge in [0, 0.05) is 12.1 Å². The molecule has 1 aromatic carbocycles. The molecular weight excluding hydrogens is 280 g/mol. The molecule has 2 heterocycles. The first kappa shape index (κ1) is 14.6. The lowest BCUT2D eigenvalue weighted by atomic mass is 10.2. The van der Waals surface area contributed by atoms with Gasteiger partial charge in [0.15, 0.2) is 5.82 Å². The molecule has 0 unspecified atom stereocenters. The monoisotopic (exact) mass is 298 g/mol. The van der Waals surface area contributed by atoms with E-state index in [0.29, 0.717) is 24.5 Å². The van der Waals surface area contributed by atoms with Crippen LogP contribution in [-0.2, 0) is 9.53 Å². The largest absolute Gasteiger partial charge is 0.364 e. The van der Waals surface area contributed by atoms with E-state index in [4.69, 9.17) is 10.5 Å². The van der Waals surface area contributed by atoms with Gasteiger partial charge in [-0.2, -0.15) is 0 Å². The first-order chi connectivity index (χ1) is 10.8. The summed E-state index contributed by atoms with van der Waals surface area (Å²) in [5.41, 5.74) is 7.04. The molecule has 1 aliphatic heterocycles. The Morgan fingerprint density at radius 1 is 1.23 bits per heavy atom. The van der Waals surface area contributed by atoms with Crippen LogP contribution in [0.4, 0.5) is 5.69 Å². The number of anilines is 1. The minimum absolute atomic E-state index is 0.0209. The second kappa shape index (κ2) is 6.64. The van der Waals surface area contributed by atoms with Gasteiger partial charge in [-0.25, -0.2) is 9.97 Å². The Morgan fingerprint density at radius 2 is 1.95 bits per heavy atom. The molecule has 6 nitrogen and oxygen atoms in total. The molecule has 0 spiro atoms. The van der Waals surface area contributed by atoms with Crippen LogP contribution in [0.25, 0.3) is 11.4 Å². The van der Waals surface area contributed by atoms with Crippen molar-refractivity contribution in [3.63, 3.8) is 0 Å². The molecule has 22 heavy (non-hydrogen) atoms. The Hall–Kier alpha value is -2.31. The number of ether oxygens (including phenoxy) is 1. The Kier molecular flexibility index (Phi) is 4.41. The number of hydrogen-bond acceptors (Lipinski definition) is 5. The lowest BCUT2D eigenvalue weighted by Crippen LogP contribution is -2.29. The summed E-state index contributed by atoms with van der Waals surface area (Å²) in [6.45, 7) is 0.443. The quantitative estimate of drug-likeness (QED) is 0.894. The van der Waals surface area contributed by atoms with Crippen molar-refractivity contribution < 1.29 is 9.53 Å². The zero-order chi connectivity index (χ0) is 15.4. The number of nitrogens with one attached hydrogen (secondary N) is 1. The van der Waals surface area contributed by atoms with Crippen LogP contribution in [0.1, 0.15) is 12.8 Å². The van der Waals surface area contributed by atoms with Gasteiger partial charge in [0.25, 0.3) is 5.91 Å². The van der Waals surface area contributed by atoms with Crippen molar-refractivity contribution in [3.05, 3.63) is 42.7 Å². The summed E-state index contributed by atoms with van der Waals surface area (Å²) in [6, 6.07) is 9.67. The van der Waals surface area contributed by atoms with E-state index in [2.05, 4.69) is 15.3 Å². The average molecular weight is 298 g/mol. The van der Waals surface area contributed by atoms with Crippen LogP contribution >= 0.6 is 0 Å². The van der Waals surface area contributed by atoms with Gasteiger partial charge in [0.1, 0.15) is 6.10 Å². The maximum atomic E-state index is 12.1. The number of rotatable bonds is 4. The van der Waals surface area contributed by atoms with Crippen molar-refractivity contribution in [3.8, 4) is 11.4 Å². The first-order valence-electron chi connectivity index (χ1n) is 7.30. The highest BCUT2D eigenvalue weighted by molar-refractivity contribution is 5.94. The molecule has 0 saturated carbocycles. The minimum Gasteiger partial charge on any atom is -0.364 e. The molecule has 1 aliphatic rings. The van der Waals surface area contributed by atoms with Gasteiger partial charge in [0.05, 0.1) is 24.2 Å². The Morgan fingerprint density at radius 3 is 2.59 bits per heavy atom. The Balaban J connectivity index is 1.63. The van der Waals surface area contributed by atoms with Gasteiger partial charge in [-0.3, -0.25) is 4.79 Å². The van der Waals surface area contributed by atoms with E-state index in [0.717, 1.165) is 12.0 Å². The molecule has 6 heteroatoms. The maximum Gasteiger partial charge on any atom is 0.253 e. The number of hydrogen-bond donors (Lipinski definition) is 2. The third kappa shape index (κ3) is 3.29. The number of carbonyl (C=O) groups excluding carboxylic acids is 1. The van der Waals surface area contributed by atoms with Gasteiger partial charge in [-0.1, -0.05) is 30.3 Å². The third-order valence-corrected chi connectivity index (χ3v) is 3.61. The molecule has 0 radical (unpaired) electrons. The van der Waals surface area contributed by atoms with E-state index in [1.807, 2.05) is 30.3 Å². The lowest BCUT2D eigenvalue weighted by Gasteiger charge is -2.12. The normalized spacial score (nSPS) is 20.8. The van der Waals surface area contributed by atoms with Crippen molar-refractivity contribution in [1.82, 2.24) is 9.97 Å². The summed E-state index contributed by atoms with van der Waals surface area (Å²) in [5, 5.41) is 2.78. The standard InChI is InChI=1S/C16H18N4O2/c17-8-13-6-7-14(22-13)16(21)20-12-9-18-15(19-10-12)11-4-2-1-3-5-11/h1-5,9-10,13-14H,6-8,17H2,(H,20,21)/t13-,14+/m1/s1. The fraction of sp³-hybridized carbons (Fsp3) is 0.312. The second-order valence-corrected chi connectivity index (χ2v) is 5.21. The van der Waals surface area contributed by atoms with Gasteiger partial charge in [0.2, 0.25) is 0 Å². The van der Waals surface area contributed by atoms with Gasteiger partial charge < -0.3 is 15.8 Å². The van der Waals surface area contributed by atoms with Crippen molar-refractivity contribution >= 4 is 11.6 Å². The summed E-state index contributed by atoms with van der Waals surface area (Å²) in [6.07, 6.45) is 4.25. The number of amides is 1. The van der Waals surface area contributed by atoms with Crippen molar-refractivity contribution in [2.75, 3.05) is 11.9 Å². The highest BCUT2D eigenvalue weighted by Gasteiger charge is 2.29. The van der Waals surface area contributed by atoms with Crippen LogP contribution in [-0.4, -0.2) is 34.6 Å². The van der Waals surface area contributed by atoms with Crippen LogP contribution in [0.3, 0.4) is 0 Å². The van der Waals surface area contributed by atoms with Crippen LogP contribution in [0.5, 0.6) is 0 Å². The van der Waals surface area contributed by atoms with Crippen LogP contribution in [0.15, 0.2) is 42.7 Å². The summed E-state index contributed by atoms with van der Waals surface area (Å²) < 4.78 is 5.56. The van der Waals surface area contributed by atoms with Crippen molar-refractivity contribution in [2.24, 2.45) is 5.73 Å². The lowest BCUT2D eigenvalue weighted by molar-refractivity contribution is -0.126. The fourth-order valence-electron chi connectivity index (χ4n) is 2.42. The molecule has 1 saturated heterocycles. The SMILES string of the molecule is NC[C@H]1CC[C@@H](C(=O)Nc2cnc(-c3ccccc3)nc2)O1. The smallest absolute Gasteiger partial charge is 0.253 e. The summed E-state index contributed by atoms with van der Waals surface area (Å²) in [7, 11) is 0. The molecule has 0 aliphatic carbocycles. The summed E-state index contributed by atoms with van der Waals surface area (Å²) >= 11 is 0. The predicted octanol–water partition coefficient (Wildman–Crippen LogP) is 1.59. The number of nitrogens with zero attached hydrogens (tertiary/aromatic N) is 2. The first-order valence-corrected chi connectivity index (χ1v) is 7.30. The number of nitrogens with two attached hydrogens (primary N) is 1. The molecule has 3 rings (SSSR count). The zero-order valence-corrected chi connectivity index (χ0v) is 12.1. The molecule has 2 atom stereocenters. The van der Waals surface area contributed by atoms with Crippen LogP contribution in [0, 0.1) is 0 Å². The Labute approximate surface area is 128 Å². The highest BCUT2D eigenvalue weighted by Crippen LogP contribution is 2.20. The topological polar surface area (TPSA) is 90.1 Å². The third-order valence-electron chi connectivity index (χ3n) is 3.61. The Bertz CT molecular complexity index is 630. The summed E-state index contributed by atoms with van der Waals surface area (Å²) in [4.78, 5) is 20.6. The molecule has 1 amide bonds. The minimum atomic E-state index is -0.442. The molecule has 0 bridgehead atoms. The molecular formula is C16H18N4O2. The van der Waals surface area contributed by atoms with E-state index in [1.54, 1.807) is 12.4 Å². The van der Waals surface area contributed by atoms with Gasteiger partial charge in [-0.15, -0.1) is 0 Å². The summed E-state index contributed by atoms with van der Waals surface area (Å²) in [5.74, 6) is 0.450. The highest BCUT2D eigenvalue weighted by atomic mass is 16.5. The maximum absolute atomic E-state index is 12.1. The molecule has 114 valence electrons. The molecule has 1 aromatic heterocycles. The predicted molar refractivity (Wildman–Crippen MR) is 83.0 cm³/mol. The molecule has 2 aromatic rings. The zero-order valence-electron chi connectivity index (χ0n) is 12.1. The van der Waals surface area contributed by atoms with Crippen LogP contribution < -0.4 is 11.1 Å². The number of carbonyl (C=O) groups is 1. The van der Waals surface area contributed by atoms with E-state index in [-0.39, 0.29) is 12.0 Å². The second-order valence-electron chi connectivity index (χ2n) is 5.21. The van der Waals surface area contributed by atoms with E-state index in [1.165, 1.54) is 0 Å². The van der Waals surface area contributed by atoms with Crippen molar-refractivity contribution in [1.29, 1.82) is 0 Å². The molecule has 3 N–H and O–H groups in total.